The van der Waals surface area contributed by atoms with Gasteiger partial charge in [0.05, 0.1) is 15.9 Å². The number of aliphatic carboxylic acids is 1. The van der Waals surface area contributed by atoms with Crippen LogP contribution in [-0.2, 0) is 18.3 Å². The molecule has 2 atom stereocenters. The maximum atomic E-state index is 13.8. The molecule has 10 heteroatoms. The Morgan fingerprint density at radius 3 is 2.60 bits per heavy atom. The zero-order chi connectivity index (χ0) is 29.1. The Kier molecular flexibility index (Phi) is 9.09. The van der Waals surface area contributed by atoms with Crippen LogP contribution >= 0.6 is 11.8 Å². The first-order valence-electron chi connectivity index (χ1n) is 14.1. The lowest BCUT2D eigenvalue weighted by atomic mass is 9.82. The average molecular weight is 571 g/mol. The second-order valence-corrected chi connectivity index (χ2v) is 12.2. The van der Waals surface area contributed by atoms with Crippen LogP contribution in [0, 0.1) is 29.1 Å². The molecule has 2 aromatic rings. The summed E-state index contributed by atoms with van der Waals surface area (Å²) in [6.07, 6.45) is 6.98. The molecule has 1 unspecified atom stereocenters. The lowest BCUT2D eigenvalue weighted by Crippen LogP contribution is -2.34. The van der Waals surface area contributed by atoms with Gasteiger partial charge in [-0.2, -0.15) is 5.26 Å². The fourth-order valence-electron chi connectivity index (χ4n) is 5.71. The number of hydrogen-bond acceptors (Lipinski definition) is 5. The van der Waals surface area contributed by atoms with Crippen molar-refractivity contribution in [3.63, 3.8) is 0 Å². The summed E-state index contributed by atoms with van der Waals surface area (Å²) in [7, 11) is 1.88. The molecule has 2 aliphatic heterocycles. The van der Waals surface area contributed by atoms with Crippen molar-refractivity contribution in [2.75, 3.05) is 13.1 Å². The number of rotatable bonds is 8. The van der Waals surface area contributed by atoms with E-state index in [1.54, 1.807) is 11.0 Å². The number of nitriles is 1. The summed E-state index contributed by atoms with van der Waals surface area (Å²) >= 11 is 1.42. The highest BCUT2D eigenvalue weighted by molar-refractivity contribution is 8.09. The molecule has 2 saturated heterocycles. The van der Waals surface area contributed by atoms with Gasteiger partial charge in [0.1, 0.15) is 17.0 Å². The fraction of sp³-hybridized carbons (Fsp3) is 0.600. The number of aromatic nitrogens is 2. The van der Waals surface area contributed by atoms with E-state index in [4.69, 9.17) is 0 Å². The van der Waals surface area contributed by atoms with Crippen LogP contribution in [0.2, 0.25) is 0 Å². The molecule has 1 spiro atoms. The summed E-state index contributed by atoms with van der Waals surface area (Å²) in [5.41, 5.74) is 2.47. The predicted octanol–water partition coefficient (Wildman–Crippen LogP) is 5.80. The highest BCUT2D eigenvalue weighted by Gasteiger charge is 2.63. The minimum absolute atomic E-state index is 0.117. The van der Waals surface area contributed by atoms with Gasteiger partial charge in [0.15, 0.2) is 0 Å². The molecular weight excluding hydrogens is 534 g/mol. The number of carbonyl (C=O) groups excluding carboxylic acids is 1. The zero-order valence-electron chi connectivity index (χ0n) is 23.3. The number of carbonyl (C=O) groups is 2. The Labute approximate surface area is 238 Å². The number of amides is 1. The Morgan fingerprint density at radius 1 is 1.23 bits per heavy atom. The Balaban J connectivity index is 0.00000181. The third-order valence-corrected chi connectivity index (χ3v) is 9.57. The Bertz CT molecular complexity index is 1380. The maximum Gasteiger partial charge on any atom is 0.318 e. The maximum absolute atomic E-state index is 13.8. The molecule has 214 valence electrons. The summed E-state index contributed by atoms with van der Waals surface area (Å²) in [6.45, 7) is 4.92. The van der Waals surface area contributed by atoms with E-state index in [2.05, 4.69) is 22.9 Å². The number of carboxylic acid groups (broad SMARTS) is 1. The number of halogens is 2. The number of unbranched alkanes of at least 4 members (excludes halogenated alkanes) is 4. The Morgan fingerprint density at radius 2 is 1.95 bits per heavy atom. The molecule has 1 aliphatic carbocycles. The van der Waals surface area contributed by atoms with Crippen molar-refractivity contribution in [1.82, 2.24) is 14.5 Å². The number of nitrogens with zero attached hydrogens (tertiary/aromatic N) is 4. The molecule has 5 rings (SSSR count). The van der Waals surface area contributed by atoms with Crippen LogP contribution < -0.4 is 0 Å². The number of pyridine rings is 1. The smallest absolute Gasteiger partial charge is 0.318 e. The van der Waals surface area contributed by atoms with Gasteiger partial charge >= 0.3 is 5.97 Å². The molecule has 0 bridgehead atoms. The number of likely N-dealkylation sites (tertiary alicyclic amines) is 1. The van der Waals surface area contributed by atoms with Crippen LogP contribution in [0.4, 0.5) is 8.78 Å². The summed E-state index contributed by atoms with van der Waals surface area (Å²) in [6, 6.07) is 3.82. The van der Waals surface area contributed by atoms with Crippen LogP contribution in [0.3, 0.4) is 0 Å². The van der Waals surface area contributed by atoms with Crippen molar-refractivity contribution in [3.05, 3.63) is 29.1 Å². The van der Waals surface area contributed by atoms with Gasteiger partial charge in [-0.3, -0.25) is 9.59 Å². The lowest BCUT2D eigenvalue weighted by molar-refractivity contribution is -0.136. The van der Waals surface area contributed by atoms with E-state index in [1.807, 2.05) is 25.5 Å². The number of fused-ring (bicyclic) bond motifs is 1. The highest BCUT2D eigenvalue weighted by Crippen LogP contribution is 2.59. The fourth-order valence-corrected chi connectivity index (χ4v) is 6.95. The minimum Gasteiger partial charge on any atom is -0.480 e. The molecule has 0 aromatic carbocycles. The van der Waals surface area contributed by atoms with E-state index < -0.39 is 17.1 Å². The molecule has 2 aromatic heterocycles. The first-order chi connectivity index (χ1) is 19.1. The second kappa shape index (κ2) is 12.2. The van der Waals surface area contributed by atoms with Gasteiger partial charge in [-0.15, -0.1) is 17.7 Å². The molecule has 3 aliphatic rings. The average Bonchev–Trinajstić information content (AvgIpc) is 3.36. The zero-order valence-corrected chi connectivity index (χ0v) is 24.1. The van der Waals surface area contributed by atoms with E-state index in [9.17, 15) is 28.7 Å². The van der Waals surface area contributed by atoms with Gasteiger partial charge in [-0.1, -0.05) is 32.6 Å². The predicted molar refractivity (Wildman–Crippen MR) is 151 cm³/mol. The van der Waals surface area contributed by atoms with Gasteiger partial charge in [0, 0.05) is 62.6 Å². The van der Waals surface area contributed by atoms with Crippen molar-refractivity contribution in [1.29, 1.82) is 5.26 Å². The van der Waals surface area contributed by atoms with E-state index in [-0.39, 0.29) is 29.4 Å². The molecule has 1 saturated carbocycles. The molecule has 40 heavy (non-hydrogen) atoms. The normalized spacial score (nSPS) is 22.6. The summed E-state index contributed by atoms with van der Waals surface area (Å²) in [5.74, 6) is 2.34. The van der Waals surface area contributed by atoms with Crippen molar-refractivity contribution in [3.8, 4) is 17.9 Å². The Hall–Kier alpha value is -3.11. The van der Waals surface area contributed by atoms with Crippen molar-refractivity contribution < 1.29 is 23.5 Å². The number of aryl methyl sites for hydroxylation is 1. The minimum atomic E-state index is -2.53. The van der Waals surface area contributed by atoms with Crippen LogP contribution in [0.25, 0.3) is 11.0 Å². The van der Waals surface area contributed by atoms with Gasteiger partial charge in [-0.25, -0.2) is 13.8 Å². The van der Waals surface area contributed by atoms with Crippen LogP contribution in [0.1, 0.15) is 86.8 Å². The topological polar surface area (TPSA) is 99.2 Å². The SMILES string of the molecule is CC.Cn1c(CCCCCCC#CC2CC(F)(F)C2)c(C(=O)N2CCC3(C2)S[C@H]3C(=O)O)c2cc(C#N)cnc21. The lowest BCUT2D eigenvalue weighted by Gasteiger charge is -2.31. The van der Waals surface area contributed by atoms with E-state index in [0.717, 1.165) is 31.4 Å². The first-order valence-corrected chi connectivity index (χ1v) is 15.0. The van der Waals surface area contributed by atoms with Gasteiger partial charge in [0.2, 0.25) is 0 Å². The molecule has 7 nitrogen and oxygen atoms in total. The summed E-state index contributed by atoms with van der Waals surface area (Å²) in [4.78, 5) is 31.5. The third kappa shape index (κ3) is 6.12. The highest BCUT2D eigenvalue weighted by atomic mass is 32.2. The van der Waals surface area contributed by atoms with E-state index in [1.165, 1.54) is 18.0 Å². The third-order valence-electron chi connectivity index (χ3n) is 7.90. The van der Waals surface area contributed by atoms with Crippen LogP contribution in [-0.4, -0.2) is 60.4 Å². The molecule has 4 heterocycles. The van der Waals surface area contributed by atoms with Crippen LogP contribution in [0.5, 0.6) is 0 Å². The summed E-state index contributed by atoms with van der Waals surface area (Å²) < 4.78 is 27.3. The number of hydrogen-bond donors (Lipinski definition) is 1. The molecular formula is C30H36F2N4O3S. The monoisotopic (exact) mass is 570 g/mol. The molecule has 1 amide bonds. The van der Waals surface area contributed by atoms with Crippen molar-refractivity contribution in [2.24, 2.45) is 13.0 Å². The standard InChI is InChI=1S/C28H30F2N4O3S.C2H6/c1-33-21(9-7-5-3-2-4-6-8-18-13-28(29,30)14-18)22(20-12-19(15-31)16-32-24(20)33)25(35)34-11-10-27(17-34)23(38-27)26(36)37;1-2/h12,16,18,23H,2-5,7,9-11,13-14,17H2,1H3,(H,36,37);1-2H3/t23-,27?;/m0./s1. The molecule has 0 radical (unpaired) electrons. The summed E-state index contributed by atoms with van der Waals surface area (Å²) in [5, 5.41) is 19.0. The number of thioether (sulfide) groups is 1. The number of carboxylic acids is 1. The van der Waals surface area contributed by atoms with Gasteiger partial charge < -0.3 is 14.6 Å². The van der Waals surface area contributed by atoms with Gasteiger partial charge in [-0.05, 0) is 31.7 Å². The molecule has 1 N–H and O–H groups in total. The second-order valence-electron chi connectivity index (χ2n) is 10.7. The quantitative estimate of drug-likeness (QED) is 0.245. The van der Waals surface area contributed by atoms with Crippen molar-refractivity contribution >= 4 is 34.7 Å². The van der Waals surface area contributed by atoms with Gasteiger partial charge in [0.25, 0.3) is 11.8 Å². The first kappa shape index (κ1) is 29.9. The van der Waals surface area contributed by atoms with E-state index >= 15 is 0 Å². The molecule has 3 fully saturated rings. The van der Waals surface area contributed by atoms with Crippen LogP contribution in [0.15, 0.2) is 12.3 Å². The van der Waals surface area contributed by atoms with Crippen molar-refractivity contribution in [2.45, 2.75) is 87.6 Å². The van der Waals surface area contributed by atoms with E-state index in [0.29, 0.717) is 54.5 Å². The number of alkyl halides is 2. The largest absolute Gasteiger partial charge is 0.480 e.